The number of carbonyl (C=O) groups excluding carboxylic acids is 2. The molecule has 0 unspecified atom stereocenters. The molecule has 0 fully saturated rings. The van der Waals surface area contributed by atoms with Gasteiger partial charge in [0.15, 0.2) is 12.2 Å². The molecule has 3 rings (SSSR count). The second-order valence-corrected chi connectivity index (χ2v) is 7.38. The fourth-order valence-corrected chi connectivity index (χ4v) is 3.24. The highest BCUT2D eigenvalue weighted by atomic mass is 16.3. The minimum Gasteiger partial charge on any atom is -0.380 e. The largest absolute Gasteiger partial charge is 0.380 e. The number of amides is 2. The number of hydrogen-bond acceptors (Lipinski definition) is 6. The van der Waals surface area contributed by atoms with E-state index in [1.807, 2.05) is 54.6 Å². The quantitative estimate of drug-likeness (QED) is 0.411. The molecule has 0 spiro atoms. The molecule has 1 aliphatic rings. The molecule has 1 aliphatic heterocycles. The van der Waals surface area contributed by atoms with Crippen molar-refractivity contribution in [3.05, 3.63) is 78.0 Å². The summed E-state index contributed by atoms with van der Waals surface area (Å²) >= 11 is 0. The van der Waals surface area contributed by atoms with Crippen LogP contribution in [0.3, 0.4) is 0 Å². The Morgan fingerprint density at radius 3 is 2.19 bits per heavy atom. The topological polar surface area (TPSA) is 126 Å². The highest BCUT2D eigenvalue weighted by Gasteiger charge is 2.35. The number of hydrogen-bond donors (Lipinski definition) is 5. The van der Waals surface area contributed by atoms with Crippen LogP contribution in [0.25, 0.3) is 0 Å². The van der Waals surface area contributed by atoms with Gasteiger partial charge in [0.05, 0.1) is 11.8 Å². The number of rotatable bonds is 8. The lowest BCUT2D eigenvalue weighted by Crippen LogP contribution is -2.52. The maximum Gasteiger partial charge on any atom is 0.255 e. The maximum atomic E-state index is 12.5. The van der Waals surface area contributed by atoms with E-state index in [0.29, 0.717) is 13.1 Å². The van der Waals surface area contributed by atoms with E-state index in [1.54, 1.807) is 13.1 Å². The number of para-hydroxylation sites is 1. The standard InChI is InChI=1S/C23H26N4O4/c1-15(19(24)11-12-25-18-9-3-2-4-10-18)26-22(30)20(28)21(29)23(31)27-13-16-7-5-6-8-17(16)14-27/h2-12,15,20-21,24-25,28-29H,13-14H2,1H3,(H,26,30)/b12-11-,24-19?/t15-,20-,21-/m1/s1. The molecule has 0 radical (unpaired) electrons. The summed E-state index contributed by atoms with van der Waals surface area (Å²) in [5, 5.41) is 33.9. The molecule has 1 heterocycles. The molecule has 0 saturated heterocycles. The third-order valence-corrected chi connectivity index (χ3v) is 5.09. The van der Waals surface area contributed by atoms with Gasteiger partial charge in [-0.3, -0.25) is 9.59 Å². The third kappa shape index (κ3) is 5.56. The molecule has 0 aromatic heterocycles. The van der Waals surface area contributed by atoms with Crippen molar-refractivity contribution < 1.29 is 19.8 Å². The van der Waals surface area contributed by atoms with Crippen molar-refractivity contribution in [3.63, 3.8) is 0 Å². The molecule has 31 heavy (non-hydrogen) atoms. The lowest BCUT2D eigenvalue weighted by atomic mass is 10.1. The highest BCUT2D eigenvalue weighted by Crippen LogP contribution is 2.23. The Kier molecular flexibility index (Phi) is 7.17. The van der Waals surface area contributed by atoms with Crippen molar-refractivity contribution in [3.8, 4) is 0 Å². The van der Waals surface area contributed by atoms with Crippen molar-refractivity contribution in [2.45, 2.75) is 38.3 Å². The Bertz CT molecular complexity index is 952. The van der Waals surface area contributed by atoms with Gasteiger partial charge in [-0.15, -0.1) is 0 Å². The lowest BCUT2D eigenvalue weighted by molar-refractivity contribution is -0.153. The van der Waals surface area contributed by atoms with Gasteiger partial charge in [-0.25, -0.2) is 0 Å². The van der Waals surface area contributed by atoms with Crippen LogP contribution in [0.5, 0.6) is 0 Å². The minimum absolute atomic E-state index is 0.0831. The number of carbonyl (C=O) groups is 2. The first kappa shape index (κ1) is 22.2. The zero-order valence-electron chi connectivity index (χ0n) is 17.2. The maximum absolute atomic E-state index is 12.5. The average Bonchev–Trinajstić information content (AvgIpc) is 3.22. The van der Waals surface area contributed by atoms with Gasteiger partial charge in [0, 0.05) is 25.0 Å². The zero-order chi connectivity index (χ0) is 22.4. The second kappa shape index (κ2) is 10.0. The van der Waals surface area contributed by atoms with Crippen LogP contribution in [-0.2, 0) is 22.7 Å². The summed E-state index contributed by atoms with van der Waals surface area (Å²) in [6.45, 7) is 2.21. The number of nitrogens with zero attached hydrogens (tertiary/aromatic N) is 1. The number of nitrogens with one attached hydrogen (secondary N) is 3. The van der Waals surface area contributed by atoms with Crippen LogP contribution >= 0.6 is 0 Å². The predicted octanol–water partition coefficient (Wildman–Crippen LogP) is 1.40. The first-order chi connectivity index (χ1) is 14.9. The van der Waals surface area contributed by atoms with Gasteiger partial charge >= 0.3 is 0 Å². The van der Waals surface area contributed by atoms with Crippen molar-refractivity contribution in [1.82, 2.24) is 10.2 Å². The summed E-state index contributed by atoms with van der Waals surface area (Å²) in [5.41, 5.74) is 2.88. The van der Waals surface area contributed by atoms with Crippen molar-refractivity contribution in [2.75, 3.05) is 5.32 Å². The van der Waals surface area contributed by atoms with Gasteiger partial charge in [0.25, 0.3) is 11.8 Å². The Hall–Kier alpha value is -3.49. The number of aliphatic hydroxyl groups excluding tert-OH is 2. The van der Waals surface area contributed by atoms with E-state index in [4.69, 9.17) is 5.41 Å². The van der Waals surface area contributed by atoms with E-state index in [1.165, 1.54) is 11.0 Å². The van der Waals surface area contributed by atoms with Crippen molar-refractivity contribution >= 4 is 23.2 Å². The molecule has 0 saturated carbocycles. The van der Waals surface area contributed by atoms with Gasteiger partial charge in [0.1, 0.15) is 0 Å². The van der Waals surface area contributed by atoms with Crippen molar-refractivity contribution in [2.24, 2.45) is 0 Å². The number of aliphatic hydroxyl groups is 2. The fourth-order valence-electron chi connectivity index (χ4n) is 3.24. The van der Waals surface area contributed by atoms with E-state index in [9.17, 15) is 19.8 Å². The molecule has 3 atom stereocenters. The van der Waals surface area contributed by atoms with Crippen LogP contribution in [0, 0.1) is 5.41 Å². The fraction of sp³-hybridized carbons (Fsp3) is 0.261. The molecular weight excluding hydrogens is 396 g/mol. The van der Waals surface area contributed by atoms with Gasteiger partial charge < -0.3 is 31.2 Å². The highest BCUT2D eigenvalue weighted by molar-refractivity contribution is 6.00. The predicted molar refractivity (Wildman–Crippen MR) is 117 cm³/mol. The van der Waals surface area contributed by atoms with E-state index >= 15 is 0 Å². The normalized spacial score (nSPS) is 15.8. The van der Waals surface area contributed by atoms with Crippen LogP contribution in [0.15, 0.2) is 66.9 Å². The summed E-state index contributed by atoms with van der Waals surface area (Å²) in [6.07, 6.45) is -0.767. The SMILES string of the molecule is C[C@@H](NC(=O)[C@H](O)[C@@H](O)C(=O)N1Cc2ccccc2C1)C(=N)/C=C\Nc1ccccc1. The summed E-state index contributed by atoms with van der Waals surface area (Å²) < 4.78 is 0. The number of benzene rings is 2. The van der Waals surface area contributed by atoms with Gasteiger partial charge in [-0.05, 0) is 36.3 Å². The average molecular weight is 422 g/mol. The zero-order valence-corrected chi connectivity index (χ0v) is 17.2. The van der Waals surface area contributed by atoms with Gasteiger partial charge in [0.2, 0.25) is 0 Å². The molecule has 162 valence electrons. The summed E-state index contributed by atoms with van der Waals surface area (Å²) in [5.74, 6) is -1.63. The molecular formula is C23H26N4O4. The third-order valence-electron chi connectivity index (χ3n) is 5.09. The molecule has 0 bridgehead atoms. The molecule has 2 aromatic carbocycles. The molecule has 2 amide bonds. The van der Waals surface area contributed by atoms with Crippen LogP contribution in [-0.4, -0.2) is 50.9 Å². The van der Waals surface area contributed by atoms with E-state index in [0.717, 1.165) is 16.8 Å². The van der Waals surface area contributed by atoms with Crippen molar-refractivity contribution in [1.29, 1.82) is 5.41 Å². The van der Waals surface area contributed by atoms with Crippen LogP contribution in [0.2, 0.25) is 0 Å². The Balaban J connectivity index is 1.49. The Morgan fingerprint density at radius 2 is 1.58 bits per heavy atom. The van der Waals surface area contributed by atoms with Gasteiger partial charge in [-0.2, -0.15) is 0 Å². The molecule has 2 aromatic rings. The van der Waals surface area contributed by atoms with E-state index in [-0.39, 0.29) is 5.71 Å². The lowest BCUT2D eigenvalue weighted by Gasteiger charge is -2.23. The summed E-state index contributed by atoms with van der Waals surface area (Å²) in [7, 11) is 0. The van der Waals surface area contributed by atoms with Crippen LogP contribution in [0.4, 0.5) is 5.69 Å². The second-order valence-electron chi connectivity index (χ2n) is 7.38. The summed E-state index contributed by atoms with van der Waals surface area (Å²) in [4.78, 5) is 26.2. The first-order valence-corrected chi connectivity index (χ1v) is 9.95. The van der Waals surface area contributed by atoms with E-state index in [2.05, 4.69) is 10.6 Å². The Labute approximate surface area is 180 Å². The number of anilines is 1. The molecule has 8 nitrogen and oxygen atoms in total. The summed E-state index contributed by atoms with van der Waals surface area (Å²) in [6, 6.07) is 16.2. The van der Waals surface area contributed by atoms with E-state index < -0.39 is 30.1 Å². The number of fused-ring (bicyclic) bond motifs is 1. The van der Waals surface area contributed by atoms with Crippen LogP contribution < -0.4 is 10.6 Å². The Morgan fingerprint density at radius 1 is 1.00 bits per heavy atom. The minimum atomic E-state index is -1.93. The first-order valence-electron chi connectivity index (χ1n) is 9.95. The smallest absolute Gasteiger partial charge is 0.255 e. The monoisotopic (exact) mass is 422 g/mol. The van der Waals surface area contributed by atoms with Crippen LogP contribution in [0.1, 0.15) is 18.1 Å². The van der Waals surface area contributed by atoms with Gasteiger partial charge in [-0.1, -0.05) is 42.5 Å². The molecule has 5 N–H and O–H groups in total. The molecule has 8 heteroatoms. The molecule has 0 aliphatic carbocycles.